The molecule has 0 atom stereocenters. The number of benzene rings is 1. The van der Waals surface area contributed by atoms with E-state index in [0.29, 0.717) is 22.8 Å². The van der Waals surface area contributed by atoms with Crippen LogP contribution in [0.5, 0.6) is 0 Å². The minimum atomic E-state index is -0.612. The van der Waals surface area contributed by atoms with Crippen LogP contribution in [-0.4, -0.2) is 36.3 Å². The fraction of sp³-hybridized carbons (Fsp3) is 0.176. The van der Waals surface area contributed by atoms with Crippen LogP contribution in [0.3, 0.4) is 0 Å². The predicted molar refractivity (Wildman–Crippen MR) is 99.9 cm³/mol. The van der Waals surface area contributed by atoms with Gasteiger partial charge in [-0.1, -0.05) is 0 Å². The third-order valence-corrected chi connectivity index (χ3v) is 3.82. The summed E-state index contributed by atoms with van der Waals surface area (Å²) in [4.78, 5) is 34.3. The molecule has 2 amide bonds. The van der Waals surface area contributed by atoms with Gasteiger partial charge in [0.05, 0.1) is 16.9 Å². The number of hydrogen-bond acceptors (Lipinski definition) is 6. The van der Waals surface area contributed by atoms with Crippen molar-refractivity contribution < 1.29 is 14.5 Å². The van der Waals surface area contributed by atoms with Gasteiger partial charge in [0, 0.05) is 24.6 Å². The van der Waals surface area contributed by atoms with Gasteiger partial charge in [0.15, 0.2) is 5.69 Å². The molecule has 28 heavy (non-hydrogen) atoms. The Bertz CT molecular complexity index is 1040. The molecule has 0 aliphatic heterocycles. The first-order valence-corrected chi connectivity index (χ1v) is 8.21. The Balaban J connectivity index is 1.58. The lowest BCUT2D eigenvalue weighted by Gasteiger charge is -2.07. The fourth-order valence-electron chi connectivity index (χ4n) is 2.45. The molecule has 0 saturated carbocycles. The van der Waals surface area contributed by atoms with Crippen LogP contribution in [-0.2, 0) is 18.4 Å². The maximum atomic E-state index is 12.1. The molecule has 11 heteroatoms. The van der Waals surface area contributed by atoms with Crippen molar-refractivity contribution in [3.8, 4) is 0 Å². The molecule has 0 aliphatic carbocycles. The Hall–Kier alpha value is -4.02. The molecule has 1 aromatic carbocycles. The maximum Gasteiger partial charge on any atom is 0.390 e. The second-order valence-corrected chi connectivity index (χ2v) is 6.01. The van der Waals surface area contributed by atoms with Crippen molar-refractivity contribution in [2.75, 3.05) is 10.6 Å². The van der Waals surface area contributed by atoms with Gasteiger partial charge in [0.1, 0.15) is 6.54 Å². The highest BCUT2D eigenvalue weighted by Crippen LogP contribution is 2.15. The Morgan fingerprint density at radius 2 is 1.75 bits per heavy atom. The molecule has 11 nitrogen and oxygen atoms in total. The first-order chi connectivity index (χ1) is 13.3. The second-order valence-electron chi connectivity index (χ2n) is 6.01. The van der Waals surface area contributed by atoms with E-state index >= 15 is 0 Å². The van der Waals surface area contributed by atoms with Crippen LogP contribution < -0.4 is 10.6 Å². The van der Waals surface area contributed by atoms with Gasteiger partial charge in [0.25, 0.3) is 5.91 Å². The average molecular weight is 383 g/mol. The molecule has 0 unspecified atom stereocenters. The van der Waals surface area contributed by atoms with Crippen molar-refractivity contribution in [3.05, 3.63) is 64.1 Å². The Labute approximate surface area is 159 Å². The molecule has 2 aromatic heterocycles. The van der Waals surface area contributed by atoms with E-state index in [0.717, 1.165) is 0 Å². The number of nitrogens with one attached hydrogen (secondary N) is 2. The van der Waals surface area contributed by atoms with Gasteiger partial charge in [0.2, 0.25) is 5.91 Å². The number of amides is 2. The van der Waals surface area contributed by atoms with Crippen LogP contribution in [0.15, 0.2) is 42.6 Å². The van der Waals surface area contributed by atoms with Crippen LogP contribution in [0.1, 0.15) is 16.2 Å². The third-order valence-electron chi connectivity index (χ3n) is 3.82. The standard InChI is InChI=1S/C17H17N7O4/c1-11-9-15(24(27)28)21-23(11)10-16(25)18-12-3-5-13(6-4-12)19-17(26)14-7-8-22(2)20-14/h3-9H,10H2,1-2H3,(H,18,25)(H,19,26). The van der Waals surface area contributed by atoms with E-state index in [1.807, 2.05) is 0 Å². The number of carbonyl (C=O) groups excluding carboxylic acids is 2. The molecule has 3 rings (SSSR count). The highest BCUT2D eigenvalue weighted by Gasteiger charge is 2.17. The molecule has 0 bridgehead atoms. The van der Waals surface area contributed by atoms with Crippen molar-refractivity contribution >= 4 is 29.0 Å². The van der Waals surface area contributed by atoms with E-state index in [1.54, 1.807) is 50.5 Å². The molecule has 0 fully saturated rings. The molecule has 0 saturated heterocycles. The van der Waals surface area contributed by atoms with Crippen LogP contribution in [0.4, 0.5) is 17.2 Å². The lowest BCUT2D eigenvalue weighted by Crippen LogP contribution is -2.20. The molecular weight excluding hydrogens is 366 g/mol. The second kappa shape index (κ2) is 7.70. The summed E-state index contributed by atoms with van der Waals surface area (Å²) < 4.78 is 2.79. The van der Waals surface area contributed by atoms with E-state index in [2.05, 4.69) is 20.8 Å². The number of aromatic nitrogens is 4. The number of nitrogens with zero attached hydrogens (tertiary/aromatic N) is 5. The van der Waals surface area contributed by atoms with Gasteiger partial charge in [-0.2, -0.15) is 9.78 Å². The van der Waals surface area contributed by atoms with E-state index < -0.39 is 4.92 Å². The molecule has 3 aromatic rings. The van der Waals surface area contributed by atoms with Gasteiger partial charge in [-0.15, -0.1) is 0 Å². The van der Waals surface area contributed by atoms with Crippen LogP contribution in [0, 0.1) is 17.0 Å². The zero-order chi connectivity index (χ0) is 20.3. The summed E-state index contributed by atoms with van der Waals surface area (Å²) in [7, 11) is 1.72. The van der Waals surface area contributed by atoms with E-state index in [9.17, 15) is 19.7 Å². The van der Waals surface area contributed by atoms with Gasteiger partial charge >= 0.3 is 5.82 Å². The summed E-state index contributed by atoms with van der Waals surface area (Å²) in [6.07, 6.45) is 1.67. The van der Waals surface area contributed by atoms with E-state index in [1.165, 1.54) is 15.4 Å². The number of hydrogen-bond donors (Lipinski definition) is 2. The van der Waals surface area contributed by atoms with Crippen LogP contribution >= 0.6 is 0 Å². The summed E-state index contributed by atoms with van der Waals surface area (Å²) in [5.41, 5.74) is 1.87. The normalized spacial score (nSPS) is 10.5. The average Bonchev–Trinajstić information content (AvgIpc) is 3.23. The number of nitro groups is 1. The molecule has 2 N–H and O–H groups in total. The minimum Gasteiger partial charge on any atom is -0.358 e. The molecule has 0 radical (unpaired) electrons. The highest BCUT2D eigenvalue weighted by molar-refractivity contribution is 6.03. The van der Waals surface area contributed by atoms with Crippen LogP contribution in [0.2, 0.25) is 0 Å². The number of rotatable bonds is 6. The quantitative estimate of drug-likeness (QED) is 0.491. The zero-order valence-corrected chi connectivity index (χ0v) is 15.1. The van der Waals surface area contributed by atoms with Crippen molar-refractivity contribution in [1.29, 1.82) is 0 Å². The first kappa shape index (κ1) is 18.8. The number of carbonyl (C=O) groups is 2. The number of anilines is 2. The van der Waals surface area contributed by atoms with E-state index in [4.69, 9.17) is 0 Å². The van der Waals surface area contributed by atoms with Crippen molar-refractivity contribution in [3.63, 3.8) is 0 Å². The van der Waals surface area contributed by atoms with Crippen molar-refractivity contribution in [1.82, 2.24) is 19.6 Å². The summed E-state index contributed by atoms with van der Waals surface area (Å²) in [5, 5.41) is 23.9. The maximum absolute atomic E-state index is 12.1. The van der Waals surface area contributed by atoms with Gasteiger partial charge in [-0.3, -0.25) is 14.3 Å². The summed E-state index contributed by atoms with van der Waals surface area (Å²) in [6, 6.07) is 9.44. The summed E-state index contributed by atoms with van der Waals surface area (Å²) in [5.74, 6) is -1.03. The molecular formula is C17H17N7O4. The van der Waals surface area contributed by atoms with Gasteiger partial charge < -0.3 is 20.7 Å². The Kier molecular flexibility index (Phi) is 5.16. The molecule has 0 aliphatic rings. The van der Waals surface area contributed by atoms with Crippen LogP contribution in [0.25, 0.3) is 0 Å². The lowest BCUT2D eigenvalue weighted by atomic mass is 10.2. The fourth-order valence-corrected chi connectivity index (χ4v) is 2.45. The minimum absolute atomic E-state index is 0.155. The first-order valence-electron chi connectivity index (χ1n) is 8.21. The third kappa shape index (κ3) is 4.38. The largest absolute Gasteiger partial charge is 0.390 e. The molecule has 2 heterocycles. The van der Waals surface area contributed by atoms with Crippen molar-refractivity contribution in [2.24, 2.45) is 7.05 Å². The van der Waals surface area contributed by atoms with Gasteiger partial charge in [-0.05, 0) is 42.2 Å². The topological polar surface area (TPSA) is 137 Å². The Morgan fingerprint density at radius 3 is 2.29 bits per heavy atom. The summed E-state index contributed by atoms with van der Waals surface area (Å²) in [6.45, 7) is 1.48. The SMILES string of the molecule is Cc1cc([N+](=O)[O-])nn1CC(=O)Nc1ccc(NC(=O)c2ccn(C)n2)cc1. The molecule has 144 valence electrons. The van der Waals surface area contributed by atoms with Crippen molar-refractivity contribution in [2.45, 2.75) is 13.5 Å². The smallest absolute Gasteiger partial charge is 0.358 e. The molecule has 0 spiro atoms. The predicted octanol–water partition coefficient (Wildman–Crippen LogP) is 1.72. The number of aryl methyl sites for hydroxylation is 2. The Morgan fingerprint density at radius 1 is 1.11 bits per heavy atom. The zero-order valence-electron chi connectivity index (χ0n) is 15.1. The monoisotopic (exact) mass is 383 g/mol. The van der Waals surface area contributed by atoms with E-state index in [-0.39, 0.29) is 24.2 Å². The van der Waals surface area contributed by atoms with Gasteiger partial charge in [-0.25, -0.2) is 0 Å². The lowest BCUT2D eigenvalue weighted by molar-refractivity contribution is -0.389. The summed E-state index contributed by atoms with van der Waals surface area (Å²) >= 11 is 0. The highest BCUT2D eigenvalue weighted by atomic mass is 16.6.